The van der Waals surface area contributed by atoms with Gasteiger partial charge in [-0.15, -0.1) is 0 Å². The van der Waals surface area contributed by atoms with Crippen molar-refractivity contribution in [3.05, 3.63) is 58.1 Å². The molecule has 0 aliphatic carbocycles. The summed E-state index contributed by atoms with van der Waals surface area (Å²) in [6.07, 6.45) is 2.61. The van der Waals surface area contributed by atoms with Crippen LogP contribution in [0.25, 0.3) is 0 Å². The number of benzene rings is 2. The number of nitrogens with one attached hydrogen (secondary N) is 1. The van der Waals surface area contributed by atoms with Crippen LogP contribution in [0.15, 0.2) is 36.4 Å². The summed E-state index contributed by atoms with van der Waals surface area (Å²) < 4.78 is 11.5. The summed E-state index contributed by atoms with van der Waals surface area (Å²) in [5.41, 5.74) is 3.28. The summed E-state index contributed by atoms with van der Waals surface area (Å²) >= 11 is 6.48. The first-order valence-corrected chi connectivity index (χ1v) is 10.5. The van der Waals surface area contributed by atoms with E-state index in [9.17, 15) is 4.79 Å². The van der Waals surface area contributed by atoms with Gasteiger partial charge in [-0.05, 0) is 49.1 Å². The molecule has 1 fully saturated rings. The molecule has 3 rings (SSSR count). The van der Waals surface area contributed by atoms with Gasteiger partial charge in [0.15, 0.2) is 11.5 Å². The minimum Gasteiger partial charge on any atom is -0.493 e. The van der Waals surface area contributed by atoms with Crippen LogP contribution in [0.4, 0.5) is 0 Å². The smallest absolute Gasteiger partial charge is 0.222 e. The van der Waals surface area contributed by atoms with E-state index < -0.39 is 0 Å². The molecule has 1 aliphatic heterocycles. The number of methoxy groups -OCH3 is 1. The number of likely N-dealkylation sites (tertiary alicyclic amines) is 1. The fourth-order valence-electron chi connectivity index (χ4n) is 3.47. The first-order valence-electron chi connectivity index (χ1n) is 10.1. The van der Waals surface area contributed by atoms with Crippen molar-refractivity contribution in [2.75, 3.05) is 26.7 Å². The van der Waals surface area contributed by atoms with Crippen molar-refractivity contribution in [1.82, 2.24) is 10.2 Å². The molecule has 0 bridgehead atoms. The molecule has 2 aromatic carbocycles. The van der Waals surface area contributed by atoms with Crippen molar-refractivity contribution in [2.24, 2.45) is 0 Å². The number of hydrogen-bond acceptors (Lipinski definition) is 4. The summed E-state index contributed by atoms with van der Waals surface area (Å²) in [5.74, 6) is 1.58. The lowest BCUT2D eigenvalue weighted by Gasteiger charge is -2.16. The molecule has 0 radical (unpaired) electrons. The predicted octanol–water partition coefficient (Wildman–Crippen LogP) is 4.34. The third-order valence-electron chi connectivity index (χ3n) is 5.25. The average molecular weight is 417 g/mol. The number of carbonyl (C=O) groups excluding carboxylic acids is 1. The van der Waals surface area contributed by atoms with Gasteiger partial charge in [-0.3, -0.25) is 4.79 Å². The first kappa shape index (κ1) is 21.5. The maximum absolute atomic E-state index is 11.6. The third kappa shape index (κ3) is 5.87. The number of amides is 1. The van der Waals surface area contributed by atoms with Crippen LogP contribution in [0.1, 0.15) is 36.0 Å². The highest BCUT2D eigenvalue weighted by atomic mass is 35.5. The minimum atomic E-state index is 0.277. The van der Waals surface area contributed by atoms with Crippen molar-refractivity contribution >= 4 is 17.5 Å². The zero-order valence-corrected chi connectivity index (χ0v) is 17.9. The van der Waals surface area contributed by atoms with Crippen molar-refractivity contribution < 1.29 is 14.3 Å². The quantitative estimate of drug-likeness (QED) is 0.585. The summed E-state index contributed by atoms with van der Waals surface area (Å²) in [4.78, 5) is 13.6. The second kappa shape index (κ2) is 10.5. The predicted molar refractivity (Wildman–Crippen MR) is 116 cm³/mol. The Morgan fingerprint density at radius 3 is 2.72 bits per heavy atom. The monoisotopic (exact) mass is 416 g/mol. The van der Waals surface area contributed by atoms with Gasteiger partial charge < -0.3 is 19.7 Å². The Hall–Kier alpha value is -2.24. The standard InChI is InChI=1S/C23H29ClN2O3/c1-17-7-3-4-8-18(17)16-29-22-14-20(24)19(13-21(22)28-2)15-25-10-6-12-26-11-5-9-23(26)27/h3-4,7-8,13-14,25H,5-6,9-12,15-16H2,1-2H3. The van der Waals surface area contributed by atoms with Crippen LogP contribution in [-0.4, -0.2) is 37.6 Å². The molecule has 0 spiro atoms. The van der Waals surface area contributed by atoms with Crippen LogP contribution in [0, 0.1) is 6.92 Å². The second-order valence-corrected chi connectivity index (χ2v) is 7.73. The van der Waals surface area contributed by atoms with Gasteiger partial charge in [-0.25, -0.2) is 0 Å². The molecule has 1 N–H and O–H groups in total. The van der Waals surface area contributed by atoms with E-state index in [-0.39, 0.29) is 5.91 Å². The lowest BCUT2D eigenvalue weighted by atomic mass is 10.1. The molecule has 1 aliphatic rings. The van der Waals surface area contributed by atoms with Gasteiger partial charge in [0.05, 0.1) is 7.11 Å². The summed E-state index contributed by atoms with van der Waals surface area (Å²) in [5, 5.41) is 4.04. The lowest BCUT2D eigenvalue weighted by Crippen LogP contribution is -2.28. The van der Waals surface area contributed by atoms with Gasteiger partial charge in [0.2, 0.25) is 5.91 Å². The van der Waals surface area contributed by atoms with Crippen LogP contribution >= 0.6 is 11.6 Å². The fraction of sp³-hybridized carbons (Fsp3) is 0.435. The van der Waals surface area contributed by atoms with Gasteiger partial charge in [-0.2, -0.15) is 0 Å². The molecule has 29 heavy (non-hydrogen) atoms. The van der Waals surface area contributed by atoms with Crippen LogP contribution in [0.3, 0.4) is 0 Å². The highest BCUT2D eigenvalue weighted by Gasteiger charge is 2.19. The van der Waals surface area contributed by atoms with Gasteiger partial charge in [-0.1, -0.05) is 35.9 Å². The topological polar surface area (TPSA) is 50.8 Å². The highest BCUT2D eigenvalue weighted by Crippen LogP contribution is 2.34. The fourth-order valence-corrected chi connectivity index (χ4v) is 3.69. The Morgan fingerprint density at radius 2 is 2.00 bits per heavy atom. The molecule has 1 saturated heterocycles. The Morgan fingerprint density at radius 1 is 1.17 bits per heavy atom. The SMILES string of the molecule is COc1cc(CNCCCN2CCCC2=O)c(Cl)cc1OCc1ccccc1C. The summed E-state index contributed by atoms with van der Waals surface area (Å²) in [6, 6.07) is 11.9. The Bertz CT molecular complexity index is 841. The third-order valence-corrected chi connectivity index (χ3v) is 5.60. The van der Waals surface area contributed by atoms with Crippen LogP contribution < -0.4 is 14.8 Å². The molecule has 1 amide bonds. The normalized spacial score (nSPS) is 13.8. The molecular formula is C23H29ClN2O3. The van der Waals surface area contributed by atoms with E-state index in [2.05, 4.69) is 24.4 Å². The average Bonchev–Trinajstić information content (AvgIpc) is 3.13. The minimum absolute atomic E-state index is 0.277. The van der Waals surface area contributed by atoms with E-state index in [1.165, 1.54) is 5.56 Å². The second-order valence-electron chi connectivity index (χ2n) is 7.32. The molecule has 0 atom stereocenters. The van der Waals surface area contributed by atoms with Crippen LogP contribution in [-0.2, 0) is 17.9 Å². The molecule has 0 saturated carbocycles. The van der Waals surface area contributed by atoms with E-state index in [0.717, 1.165) is 43.6 Å². The van der Waals surface area contributed by atoms with Gasteiger partial charge in [0.1, 0.15) is 6.61 Å². The van der Waals surface area contributed by atoms with E-state index in [4.69, 9.17) is 21.1 Å². The van der Waals surface area contributed by atoms with Crippen molar-refractivity contribution in [3.8, 4) is 11.5 Å². The maximum atomic E-state index is 11.6. The maximum Gasteiger partial charge on any atom is 0.222 e. The van der Waals surface area contributed by atoms with E-state index in [1.54, 1.807) is 7.11 Å². The van der Waals surface area contributed by atoms with Gasteiger partial charge in [0.25, 0.3) is 0 Å². The van der Waals surface area contributed by atoms with Crippen molar-refractivity contribution in [3.63, 3.8) is 0 Å². The summed E-state index contributed by atoms with van der Waals surface area (Å²) in [7, 11) is 1.63. The Labute approximate surface area is 177 Å². The van der Waals surface area contributed by atoms with E-state index in [0.29, 0.717) is 36.1 Å². The van der Waals surface area contributed by atoms with Crippen molar-refractivity contribution in [2.45, 2.75) is 39.3 Å². The summed E-state index contributed by atoms with van der Waals surface area (Å²) in [6.45, 7) is 5.71. The molecule has 6 heteroatoms. The van der Waals surface area contributed by atoms with Crippen LogP contribution in [0.2, 0.25) is 5.02 Å². The number of rotatable bonds is 10. The number of ether oxygens (including phenoxy) is 2. The number of halogens is 1. The number of nitrogens with zero attached hydrogens (tertiary/aromatic N) is 1. The number of aryl methyl sites for hydroxylation is 1. The van der Waals surface area contributed by atoms with E-state index in [1.807, 2.05) is 29.2 Å². The molecule has 2 aromatic rings. The van der Waals surface area contributed by atoms with Crippen molar-refractivity contribution in [1.29, 1.82) is 0 Å². The Kier molecular flexibility index (Phi) is 7.78. The zero-order valence-electron chi connectivity index (χ0n) is 17.2. The zero-order chi connectivity index (χ0) is 20.6. The molecule has 5 nitrogen and oxygen atoms in total. The molecule has 1 heterocycles. The van der Waals surface area contributed by atoms with E-state index >= 15 is 0 Å². The highest BCUT2D eigenvalue weighted by molar-refractivity contribution is 6.31. The van der Waals surface area contributed by atoms with Gasteiger partial charge in [0, 0.05) is 37.1 Å². The Balaban J connectivity index is 1.52. The molecular weight excluding hydrogens is 388 g/mol. The molecule has 156 valence electrons. The molecule has 0 aromatic heterocycles. The molecule has 0 unspecified atom stereocenters. The first-order chi connectivity index (χ1) is 14.1. The van der Waals surface area contributed by atoms with Crippen LogP contribution in [0.5, 0.6) is 11.5 Å². The van der Waals surface area contributed by atoms with Gasteiger partial charge >= 0.3 is 0 Å². The number of hydrogen-bond donors (Lipinski definition) is 1. The largest absolute Gasteiger partial charge is 0.493 e. The number of carbonyl (C=O) groups is 1. The lowest BCUT2D eigenvalue weighted by molar-refractivity contribution is -0.127.